The van der Waals surface area contributed by atoms with Gasteiger partial charge < -0.3 is 9.47 Å². The predicted molar refractivity (Wildman–Crippen MR) is 131 cm³/mol. The van der Waals surface area contributed by atoms with Crippen LogP contribution < -0.4 is 0 Å². The van der Waals surface area contributed by atoms with Gasteiger partial charge in [0.25, 0.3) is 0 Å². The fourth-order valence-corrected chi connectivity index (χ4v) is 5.64. The van der Waals surface area contributed by atoms with E-state index in [1.165, 1.54) is 12.1 Å². The Labute approximate surface area is 203 Å². The van der Waals surface area contributed by atoms with Crippen molar-refractivity contribution < 1.29 is 22.7 Å². The van der Waals surface area contributed by atoms with Crippen LogP contribution in [-0.4, -0.2) is 39.5 Å². The first-order chi connectivity index (χ1) is 15.9. The van der Waals surface area contributed by atoms with E-state index in [-0.39, 0.29) is 23.7 Å². The number of ketones is 1. The third-order valence-corrected chi connectivity index (χ3v) is 8.11. The van der Waals surface area contributed by atoms with E-state index in [9.17, 15) is 13.2 Å². The van der Waals surface area contributed by atoms with E-state index in [0.717, 1.165) is 34.9 Å². The van der Waals surface area contributed by atoms with Crippen LogP contribution in [0.4, 0.5) is 0 Å². The molecule has 0 aromatic heterocycles. The van der Waals surface area contributed by atoms with Gasteiger partial charge in [-0.1, -0.05) is 58.4 Å². The molecule has 2 aliphatic rings. The SMILES string of the molecule is O=C(CS(=O)(=O)c1ccccc1)C1=C(COC2CCCCO2)C[C@@H](c2ccc(Br)cc2)C=C1. The summed E-state index contributed by atoms with van der Waals surface area (Å²) in [6, 6.07) is 16.2. The summed E-state index contributed by atoms with van der Waals surface area (Å²) < 4.78 is 38.3. The zero-order valence-corrected chi connectivity index (χ0v) is 20.7. The second-order valence-corrected chi connectivity index (χ2v) is 11.2. The molecule has 1 aliphatic heterocycles. The van der Waals surface area contributed by atoms with Crippen molar-refractivity contribution in [3.63, 3.8) is 0 Å². The topological polar surface area (TPSA) is 69.7 Å². The van der Waals surface area contributed by atoms with E-state index in [1.807, 2.05) is 18.2 Å². The molecule has 1 aliphatic carbocycles. The van der Waals surface area contributed by atoms with Gasteiger partial charge >= 0.3 is 0 Å². The van der Waals surface area contributed by atoms with Gasteiger partial charge in [0.05, 0.1) is 11.5 Å². The van der Waals surface area contributed by atoms with Crippen molar-refractivity contribution in [2.24, 2.45) is 0 Å². The van der Waals surface area contributed by atoms with Crippen LogP contribution in [-0.2, 0) is 24.1 Å². The number of Topliss-reactive ketones (excluding diaryl/α,β-unsaturated/α-hetero) is 1. The largest absolute Gasteiger partial charge is 0.353 e. The lowest BCUT2D eigenvalue weighted by Crippen LogP contribution is -2.25. The Hall–Kier alpha value is -2.06. The van der Waals surface area contributed by atoms with E-state index >= 15 is 0 Å². The highest BCUT2D eigenvalue weighted by Crippen LogP contribution is 2.33. The lowest BCUT2D eigenvalue weighted by Gasteiger charge is -2.26. The summed E-state index contributed by atoms with van der Waals surface area (Å²) >= 11 is 3.46. The molecule has 2 aromatic carbocycles. The number of halogens is 1. The van der Waals surface area contributed by atoms with E-state index in [1.54, 1.807) is 24.3 Å². The smallest absolute Gasteiger partial charge is 0.185 e. The number of allylic oxidation sites excluding steroid dienone is 3. The number of ether oxygens (including phenoxy) is 2. The fraction of sp³-hybridized carbons (Fsp3) is 0.346. The quantitative estimate of drug-likeness (QED) is 0.458. The molecular formula is C26H27BrO5S. The van der Waals surface area contributed by atoms with Crippen LogP contribution in [0.1, 0.15) is 37.2 Å². The maximum atomic E-state index is 13.2. The summed E-state index contributed by atoms with van der Waals surface area (Å²) in [5.41, 5.74) is 2.37. The lowest BCUT2D eigenvalue weighted by atomic mass is 9.84. The van der Waals surface area contributed by atoms with Gasteiger partial charge in [-0.25, -0.2) is 8.42 Å². The van der Waals surface area contributed by atoms with Crippen LogP contribution in [0.2, 0.25) is 0 Å². The molecule has 2 aromatic rings. The lowest BCUT2D eigenvalue weighted by molar-refractivity contribution is -0.157. The van der Waals surface area contributed by atoms with E-state index in [4.69, 9.17) is 9.47 Å². The van der Waals surface area contributed by atoms with Gasteiger partial charge in [0.15, 0.2) is 21.9 Å². The molecule has 174 valence electrons. The van der Waals surface area contributed by atoms with Crippen LogP contribution in [0, 0.1) is 0 Å². The van der Waals surface area contributed by atoms with Crippen molar-refractivity contribution >= 4 is 31.6 Å². The fourth-order valence-electron chi connectivity index (χ4n) is 4.14. The van der Waals surface area contributed by atoms with E-state index in [2.05, 4.69) is 28.1 Å². The molecule has 1 fully saturated rings. The van der Waals surface area contributed by atoms with Gasteiger partial charge in [-0.2, -0.15) is 0 Å². The van der Waals surface area contributed by atoms with Crippen molar-refractivity contribution in [1.29, 1.82) is 0 Å². The number of benzene rings is 2. The molecule has 0 spiro atoms. The minimum Gasteiger partial charge on any atom is -0.353 e. The van der Waals surface area contributed by atoms with Crippen molar-refractivity contribution in [3.05, 3.63) is 87.9 Å². The third kappa shape index (κ3) is 6.29. The Bertz CT molecular complexity index is 1130. The van der Waals surface area contributed by atoms with Crippen LogP contribution >= 0.6 is 15.9 Å². The normalized spacial score (nSPS) is 21.2. The summed E-state index contributed by atoms with van der Waals surface area (Å²) in [5.74, 6) is -0.887. The maximum Gasteiger partial charge on any atom is 0.185 e. The molecule has 1 saturated heterocycles. The van der Waals surface area contributed by atoms with Gasteiger partial charge in [0, 0.05) is 22.6 Å². The van der Waals surface area contributed by atoms with Crippen LogP contribution in [0.15, 0.2) is 87.3 Å². The Kier molecular flexibility index (Phi) is 7.96. The van der Waals surface area contributed by atoms with Crippen molar-refractivity contribution in [2.75, 3.05) is 19.0 Å². The molecule has 4 rings (SSSR count). The summed E-state index contributed by atoms with van der Waals surface area (Å²) in [5, 5.41) is 0. The molecule has 2 atom stereocenters. The highest BCUT2D eigenvalue weighted by molar-refractivity contribution is 9.10. The van der Waals surface area contributed by atoms with Gasteiger partial charge in [-0.3, -0.25) is 4.79 Å². The first-order valence-electron chi connectivity index (χ1n) is 11.1. The average Bonchev–Trinajstić information content (AvgIpc) is 2.84. The van der Waals surface area contributed by atoms with E-state index < -0.39 is 21.4 Å². The van der Waals surface area contributed by atoms with Gasteiger partial charge in [-0.15, -0.1) is 0 Å². The predicted octanol–water partition coefficient (Wildman–Crippen LogP) is 5.38. The second kappa shape index (κ2) is 10.9. The van der Waals surface area contributed by atoms with Crippen molar-refractivity contribution in [1.82, 2.24) is 0 Å². The third-order valence-electron chi connectivity index (χ3n) is 5.95. The number of carbonyl (C=O) groups excluding carboxylic acids is 1. The molecular weight excluding hydrogens is 504 g/mol. The van der Waals surface area contributed by atoms with Gasteiger partial charge in [-0.05, 0) is 61.1 Å². The van der Waals surface area contributed by atoms with Crippen molar-refractivity contribution in [3.8, 4) is 0 Å². The zero-order chi connectivity index (χ0) is 23.3. The van der Waals surface area contributed by atoms with Crippen LogP contribution in [0.5, 0.6) is 0 Å². The maximum absolute atomic E-state index is 13.2. The zero-order valence-electron chi connectivity index (χ0n) is 18.3. The molecule has 0 radical (unpaired) electrons. The number of hydrogen-bond donors (Lipinski definition) is 0. The number of sulfone groups is 1. The van der Waals surface area contributed by atoms with Gasteiger partial charge in [0.2, 0.25) is 0 Å². The standard InChI is InChI=1S/C26H27BrO5S/c27-22-12-9-19(10-13-22)20-11-14-24(21(16-20)17-32-26-8-4-5-15-31-26)25(28)18-33(29,30)23-6-2-1-3-7-23/h1-3,6-7,9-14,20,26H,4-5,8,15-18H2/t20-,26?/m0/s1. The minimum atomic E-state index is -3.73. The molecule has 0 bridgehead atoms. The molecule has 0 saturated carbocycles. The molecule has 1 unspecified atom stereocenters. The Morgan fingerprint density at radius 2 is 1.82 bits per heavy atom. The monoisotopic (exact) mass is 530 g/mol. The Balaban J connectivity index is 1.55. The first-order valence-corrected chi connectivity index (χ1v) is 13.6. The van der Waals surface area contributed by atoms with Crippen LogP contribution in [0.3, 0.4) is 0 Å². The highest BCUT2D eigenvalue weighted by Gasteiger charge is 2.27. The summed E-state index contributed by atoms with van der Waals surface area (Å²) in [6.07, 6.45) is 6.95. The minimum absolute atomic E-state index is 0.0891. The van der Waals surface area contributed by atoms with Gasteiger partial charge in [0.1, 0.15) is 5.75 Å². The van der Waals surface area contributed by atoms with E-state index in [0.29, 0.717) is 18.6 Å². The summed E-state index contributed by atoms with van der Waals surface area (Å²) in [6.45, 7) is 0.917. The molecule has 33 heavy (non-hydrogen) atoms. The summed E-state index contributed by atoms with van der Waals surface area (Å²) in [7, 11) is -3.73. The van der Waals surface area contributed by atoms with Crippen molar-refractivity contribution in [2.45, 2.75) is 42.8 Å². The highest BCUT2D eigenvalue weighted by atomic mass is 79.9. The second-order valence-electron chi connectivity index (χ2n) is 8.34. The number of rotatable bonds is 8. The molecule has 0 amide bonds. The number of carbonyl (C=O) groups is 1. The molecule has 1 heterocycles. The molecule has 0 N–H and O–H groups in total. The van der Waals surface area contributed by atoms with Crippen LogP contribution in [0.25, 0.3) is 0 Å². The molecule has 7 heteroatoms. The Morgan fingerprint density at radius 3 is 2.52 bits per heavy atom. The number of hydrogen-bond acceptors (Lipinski definition) is 5. The summed E-state index contributed by atoms with van der Waals surface area (Å²) in [4.78, 5) is 13.3. The molecule has 5 nitrogen and oxygen atoms in total. The Morgan fingerprint density at radius 1 is 1.06 bits per heavy atom. The average molecular weight is 531 g/mol. The first kappa shape index (κ1) is 24.1.